The summed E-state index contributed by atoms with van der Waals surface area (Å²) in [6.07, 6.45) is 0. The van der Waals surface area contributed by atoms with Crippen LogP contribution in [0, 0.1) is 6.92 Å². The van der Waals surface area contributed by atoms with Gasteiger partial charge in [-0.05, 0) is 44.2 Å². The van der Waals surface area contributed by atoms with E-state index in [4.69, 9.17) is 4.74 Å². The molecule has 0 aliphatic carbocycles. The number of sulfonamides is 1. The van der Waals surface area contributed by atoms with Gasteiger partial charge in [-0.3, -0.25) is 4.79 Å². The first-order valence-electron chi connectivity index (χ1n) is 7.99. The monoisotopic (exact) mass is 440 g/mol. The van der Waals surface area contributed by atoms with E-state index >= 15 is 0 Å². The SMILES string of the molecule is CCOc1ccc(Br)cc1S(=O)(=O)N(C)CC(=O)Nc1ccc(C)cc1. The van der Waals surface area contributed by atoms with E-state index in [-0.39, 0.29) is 17.2 Å². The number of amides is 1. The lowest BCUT2D eigenvalue weighted by atomic mass is 10.2. The summed E-state index contributed by atoms with van der Waals surface area (Å²) < 4.78 is 32.7. The van der Waals surface area contributed by atoms with E-state index in [0.717, 1.165) is 9.87 Å². The number of halogens is 1. The molecule has 0 spiro atoms. The highest BCUT2D eigenvalue weighted by atomic mass is 79.9. The summed E-state index contributed by atoms with van der Waals surface area (Å²) in [6, 6.07) is 12.0. The van der Waals surface area contributed by atoms with Crippen molar-refractivity contribution < 1.29 is 17.9 Å². The Morgan fingerprint density at radius 2 is 1.85 bits per heavy atom. The van der Waals surface area contributed by atoms with E-state index in [1.165, 1.54) is 13.1 Å². The Hall–Kier alpha value is -1.90. The van der Waals surface area contributed by atoms with Gasteiger partial charge in [-0.2, -0.15) is 4.31 Å². The van der Waals surface area contributed by atoms with Crippen molar-refractivity contribution in [3.8, 4) is 5.75 Å². The number of anilines is 1. The second kappa shape index (κ2) is 8.66. The molecule has 0 saturated heterocycles. The maximum atomic E-state index is 12.9. The second-order valence-corrected chi connectivity index (χ2v) is 8.63. The number of nitrogens with one attached hydrogen (secondary N) is 1. The van der Waals surface area contributed by atoms with Crippen molar-refractivity contribution in [3.63, 3.8) is 0 Å². The Kier molecular flexibility index (Phi) is 6.80. The van der Waals surface area contributed by atoms with Crippen LogP contribution in [0.4, 0.5) is 5.69 Å². The van der Waals surface area contributed by atoms with Gasteiger partial charge in [-0.15, -0.1) is 0 Å². The number of ether oxygens (including phenoxy) is 1. The molecule has 26 heavy (non-hydrogen) atoms. The van der Waals surface area contributed by atoms with Crippen LogP contribution in [0.25, 0.3) is 0 Å². The van der Waals surface area contributed by atoms with Crippen LogP contribution in [0.3, 0.4) is 0 Å². The first-order valence-corrected chi connectivity index (χ1v) is 10.2. The fourth-order valence-electron chi connectivity index (χ4n) is 2.25. The number of nitrogens with zero attached hydrogens (tertiary/aromatic N) is 1. The summed E-state index contributed by atoms with van der Waals surface area (Å²) in [6.45, 7) is 3.74. The van der Waals surface area contributed by atoms with Gasteiger partial charge in [0.25, 0.3) is 0 Å². The fraction of sp³-hybridized carbons (Fsp3) is 0.278. The zero-order chi connectivity index (χ0) is 19.3. The minimum Gasteiger partial charge on any atom is -0.492 e. The highest BCUT2D eigenvalue weighted by Gasteiger charge is 2.27. The minimum absolute atomic E-state index is 0.0133. The summed E-state index contributed by atoms with van der Waals surface area (Å²) in [5.41, 5.74) is 1.68. The summed E-state index contributed by atoms with van der Waals surface area (Å²) in [7, 11) is -2.53. The highest BCUT2D eigenvalue weighted by Crippen LogP contribution is 2.29. The summed E-state index contributed by atoms with van der Waals surface area (Å²) in [4.78, 5) is 12.2. The molecule has 8 heteroatoms. The summed E-state index contributed by atoms with van der Waals surface area (Å²) >= 11 is 3.27. The van der Waals surface area contributed by atoms with Crippen molar-refractivity contribution >= 4 is 37.5 Å². The molecular weight excluding hydrogens is 420 g/mol. The number of hydrogen-bond donors (Lipinski definition) is 1. The molecular formula is C18H21BrN2O4S. The number of benzene rings is 2. The Bertz CT molecular complexity index is 883. The van der Waals surface area contributed by atoms with E-state index < -0.39 is 15.9 Å². The molecule has 0 unspecified atom stereocenters. The highest BCUT2D eigenvalue weighted by molar-refractivity contribution is 9.10. The first kappa shape index (κ1) is 20.4. The summed E-state index contributed by atoms with van der Waals surface area (Å²) in [5, 5.41) is 2.69. The number of aryl methyl sites for hydroxylation is 1. The molecule has 0 bridgehead atoms. The van der Waals surface area contributed by atoms with Crippen molar-refractivity contribution in [3.05, 3.63) is 52.5 Å². The van der Waals surface area contributed by atoms with Crippen molar-refractivity contribution in [2.24, 2.45) is 0 Å². The lowest BCUT2D eigenvalue weighted by Crippen LogP contribution is -2.35. The molecule has 2 rings (SSSR count). The maximum absolute atomic E-state index is 12.9. The van der Waals surface area contributed by atoms with Gasteiger partial charge in [-0.25, -0.2) is 8.42 Å². The van der Waals surface area contributed by atoms with E-state index in [1.54, 1.807) is 31.2 Å². The Morgan fingerprint density at radius 3 is 2.46 bits per heavy atom. The number of likely N-dealkylation sites (N-methyl/N-ethyl adjacent to an activating group) is 1. The van der Waals surface area contributed by atoms with Gasteiger partial charge in [0.1, 0.15) is 10.6 Å². The van der Waals surface area contributed by atoms with Gasteiger partial charge < -0.3 is 10.1 Å². The van der Waals surface area contributed by atoms with Crippen molar-refractivity contribution in [1.82, 2.24) is 4.31 Å². The van der Waals surface area contributed by atoms with Crippen LogP contribution in [-0.2, 0) is 14.8 Å². The second-order valence-electron chi connectivity index (χ2n) is 5.70. The molecule has 6 nitrogen and oxygen atoms in total. The molecule has 2 aromatic rings. The van der Waals surface area contributed by atoms with Crippen LogP contribution in [0.5, 0.6) is 5.75 Å². The molecule has 0 fully saturated rings. The zero-order valence-corrected chi connectivity index (χ0v) is 17.2. The van der Waals surface area contributed by atoms with Crippen LogP contribution < -0.4 is 10.1 Å². The summed E-state index contributed by atoms with van der Waals surface area (Å²) in [5.74, 6) is -0.172. The van der Waals surface area contributed by atoms with Crippen LogP contribution >= 0.6 is 15.9 Å². The minimum atomic E-state index is -3.89. The van der Waals surface area contributed by atoms with Crippen LogP contribution in [0.15, 0.2) is 51.8 Å². The molecule has 0 aromatic heterocycles. The third-order valence-corrected chi connectivity index (χ3v) is 5.91. The molecule has 0 aliphatic rings. The third-order valence-electron chi connectivity index (χ3n) is 3.60. The normalized spacial score (nSPS) is 11.4. The number of carbonyl (C=O) groups is 1. The quantitative estimate of drug-likeness (QED) is 0.715. The lowest BCUT2D eigenvalue weighted by Gasteiger charge is -2.19. The van der Waals surface area contributed by atoms with Crippen LogP contribution in [-0.4, -0.2) is 38.8 Å². The topological polar surface area (TPSA) is 75.7 Å². The predicted molar refractivity (Wildman–Crippen MR) is 105 cm³/mol. The van der Waals surface area contributed by atoms with Crippen LogP contribution in [0.1, 0.15) is 12.5 Å². The van der Waals surface area contributed by atoms with E-state index in [9.17, 15) is 13.2 Å². The molecule has 2 aromatic carbocycles. The zero-order valence-electron chi connectivity index (χ0n) is 14.8. The number of hydrogen-bond acceptors (Lipinski definition) is 4. The number of carbonyl (C=O) groups excluding carboxylic acids is 1. The molecule has 0 aliphatic heterocycles. The van der Waals surface area contributed by atoms with Gasteiger partial charge in [0.2, 0.25) is 15.9 Å². The smallest absolute Gasteiger partial charge is 0.247 e. The molecule has 0 heterocycles. The average molecular weight is 441 g/mol. The predicted octanol–water partition coefficient (Wildman–Crippen LogP) is 3.42. The van der Waals surface area contributed by atoms with Gasteiger partial charge >= 0.3 is 0 Å². The molecule has 1 amide bonds. The standard InChI is InChI=1S/C18H21BrN2O4S/c1-4-25-16-10-7-14(19)11-17(16)26(23,24)21(3)12-18(22)20-15-8-5-13(2)6-9-15/h5-11H,4,12H2,1-3H3,(H,20,22). The molecule has 0 saturated carbocycles. The van der Waals surface area contributed by atoms with Crippen molar-refractivity contribution in [2.45, 2.75) is 18.7 Å². The third kappa shape index (κ3) is 5.06. The van der Waals surface area contributed by atoms with E-state index in [2.05, 4.69) is 21.2 Å². The Balaban J connectivity index is 2.17. The van der Waals surface area contributed by atoms with Gasteiger partial charge in [0.05, 0.1) is 13.2 Å². The molecule has 1 N–H and O–H groups in total. The van der Waals surface area contributed by atoms with Crippen molar-refractivity contribution in [1.29, 1.82) is 0 Å². The first-order chi connectivity index (χ1) is 12.2. The largest absolute Gasteiger partial charge is 0.492 e. The Morgan fingerprint density at radius 1 is 1.19 bits per heavy atom. The van der Waals surface area contributed by atoms with Gasteiger partial charge in [0.15, 0.2) is 0 Å². The molecule has 0 atom stereocenters. The lowest BCUT2D eigenvalue weighted by molar-refractivity contribution is -0.116. The van der Waals surface area contributed by atoms with Crippen molar-refractivity contribution in [2.75, 3.05) is 25.5 Å². The Labute approximate surface area is 162 Å². The van der Waals surface area contributed by atoms with E-state index in [1.807, 2.05) is 19.1 Å². The van der Waals surface area contributed by atoms with Gasteiger partial charge in [0, 0.05) is 17.2 Å². The van der Waals surface area contributed by atoms with E-state index in [0.29, 0.717) is 16.8 Å². The van der Waals surface area contributed by atoms with Gasteiger partial charge in [-0.1, -0.05) is 33.6 Å². The number of rotatable bonds is 7. The molecule has 0 radical (unpaired) electrons. The average Bonchev–Trinajstić information content (AvgIpc) is 2.58. The molecule has 140 valence electrons. The maximum Gasteiger partial charge on any atom is 0.247 e. The fourth-order valence-corrected chi connectivity index (χ4v) is 4.04. The van der Waals surface area contributed by atoms with Crippen LogP contribution in [0.2, 0.25) is 0 Å².